The van der Waals surface area contributed by atoms with Crippen LogP contribution in [0, 0.1) is 5.82 Å². The molecule has 31 heavy (non-hydrogen) atoms. The van der Waals surface area contributed by atoms with Crippen molar-refractivity contribution in [1.82, 2.24) is 0 Å². The summed E-state index contributed by atoms with van der Waals surface area (Å²) in [5.41, 5.74) is 1.92. The standard InChI is InChI=1S/C23H22FNO5S/c1-28-21-13-17(14-22(29-2)23(21)30-3)11-10-16-6-4-8-19(12-16)25-31(26,27)20-9-5-7-18(24)15-20/h4-15,25H,1-3H3. The second-order valence-electron chi connectivity index (χ2n) is 6.48. The summed E-state index contributed by atoms with van der Waals surface area (Å²) in [6.45, 7) is 0. The zero-order chi connectivity index (χ0) is 22.4. The number of methoxy groups -OCH3 is 3. The van der Waals surface area contributed by atoms with Gasteiger partial charge in [-0.1, -0.05) is 30.4 Å². The van der Waals surface area contributed by atoms with E-state index in [9.17, 15) is 12.8 Å². The molecule has 8 heteroatoms. The molecule has 0 heterocycles. The quantitative estimate of drug-likeness (QED) is 0.505. The van der Waals surface area contributed by atoms with Crippen molar-refractivity contribution in [3.63, 3.8) is 0 Å². The lowest BCUT2D eigenvalue weighted by Gasteiger charge is -2.12. The molecule has 0 saturated heterocycles. The molecule has 1 N–H and O–H groups in total. The van der Waals surface area contributed by atoms with Gasteiger partial charge in [-0.2, -0.15) is 0 Å². The molecule has 3 rings (SSSR count). The number of rotatable bonds is 8. The molecule has 0 saturated carbocycles. The van der Waals surface area contributed by atoms with Crippen LogP contribution < -0.4 is 18.9 Å². The van der Waals surface area contributed by atoms with Gasteiger partial charge in [0.05, 0.1) is 26.2 Å². The number of benzene rings is 3. The normalized spacial score (nSPS) is 11.4. The maximum Gasteiger partial charge on any atom is 0.261 e. The predicted octanol–water partition coefficient (Wildman–Crippen LogP) is 4.82. The Balaban J connectivity index is 1.85. The summed E-state index contributed by atoms with van der Waals surface area (Å²) in [5, 5.41) is 0. The second-order valence-corrected chi connectivity index (χ2v) is 8.16. The molecule has 0 atom stereocenters. The molecule has 0 unspecified atom stereocenters. The van der Waals surface area contributed by atoms with E-state index < -0.39 is 15.8 Å². The molecular weight excluding hydrogens is 421 g/mol. The first-order chi connectivity index (χ1) is 14.9. The van der Waals surface area contributed by atoms with Gasteiger partial charge in [0.15, 0.2) is 11.5 Å². The molecule has 0 aliphatic heterocycles. The lowest BCUT2D eigenvalue weighted by molar-refractivity contribution is 0.324. The Morgan fingerprint density at radius 2 is 1.45 bits per heavy atom. The summed E-state index contributed by atoms with van der Waals surface area (Å²) in [4.78, 5) is -0.147. The molecule has 6 nitrogen and oxygen atoms in total. The van der Waals surface area contributed by atoms with Crippen LogP contribution in [0.5, 0.6) is 17.2 Å². The molecule has 3 aromatic rings. The van der Waals surface area contributed by atoms with E-state index in [0.717, 1.165) is 17.2 Å². The Bertz CT molecular complexity index is 1180. The Kier molecular flexibility index (Phi) is 6.81. The van der Waals surface area contributed by atoms with Gasteiger partial charge in [-0.05, 0) is 53.6 Å². The lowest BCUT2D eigenvalue weighted by atomic mass is 10.1. The number of halogens is 1. The zero-order valence-corrected chi connectivity index (χ0v) is 18.1. The first-order valence-electron chi connectivity index (χ1n) is 9.23. The maximum absolute atomic E-state index is 13.4. The number of anilines is 1. The molecule has 0 bridgehead atoms. The minimum absolute atomic E-state index is 0.147. The average molecular weight is 443 g/mol. The summed E-state index contributed by atoms with van der Waals surface area (Å²) in [7, 11) is 0.709. The van der Waals surface area contributed by atoms with Crippen LogP contribution in [-0.4, -0.2) is 29.7 Å². The Morgan fingerprint density at radius 3 is 2.06 bits per heavy atom. The van der Waals surface area contributed by atoms with Crippen molar-refractivity contribution in [3.05, 3.63) is 77.6 Å². The molecule has 0 spiro atoms. The van der Waals surface area contributed by atoms with Crippen LogP contribution in [0.1, 0.15) is 11.1 Å². The van der Waals surface area contributed by atoms with Gasteiger partial charge in [0.1, 0.15) is 5.82 Å². The number of sulfonamides is 1. The third-order valence-corrected chi connectivity index (χ3v) is 5.78. The maximum atomic E-state index is 13.4. The van der Waals surface area contributed by atoms with Gasteiger partial charge < -0.3 is 14.2 Å². The van der Waals surface area contributed by atoms with Crippen molar-refractivity contribution in [2.75, 3.05) is 26.1 Å². The van der Waals surface area contributed by atoms with Gasteiger partial charge in [0.2, 0.25) is 5.75 Å². The van der Waals surface area contributed by atoms with Crippen molar-refractivity contribution < 1.29 is 27.0 Å². The highest BCUT2D eigenvalue weighted by molar-refractivity contribution is 7.92. The van der Waals surface area contributed by atoms with Crippen LogP contribution in [0.3, 0.4) is 0 Å². The van der Waals surface area contributed by atoms with Crippen LogP contribution >= 0.6 is 0 Å². The lowest BCUT2D eigenvalue weighted by Crippen LogP contribution is -2.13. The summed E-state index contributed by atoms with van der Waals surface area (Å²) in [6.07, 6.45) is 3.66. The summed E-state index contributed by atoms with van der Waals surface area (Å²) in [6, 6.07) is 15.3. The molecule has 0 aromatic heterocycles. The van der Waals surface area contributed by atoms with Crippen molar-refractivity contribution in [2.45, 2.75) is 4.90 Å². The van der Waals surface area contributed by atoms with Gasteiger partial charge in [0.25, 0.3) is 10.0 Å². The highest BCUT2D eigenvalue weighted by atomic mass is 32.2. The fourth-order valence-corrected chi connectivity index (χ4v) is 4.02. The monoisotopic (exact) mass is 443 g/mol. The number of nitrogens with one attached hydrogen (secondary N) is 1. The van der Waals surface area contributed by atoms with E-state index in [2.05, 4.69) is 4.72 Å². The van der Waals surface area contributed by atoms with Gasteiger partial charge >= 0.3 is 0 Å². The highest BCUT2D eigenvalue weighted by Crippen LogP contribution is 2.38. The Labute approximate surface area is 180 Å². The van der Waals surface area contributed by atoms with Crippen molar-refractivity contribution in [3.8, 4) is 17.2 Å². The second kappa shape index (κ2) is 9.53. The molecular formula is C23H22FNO5S. The number of ether oxygens (including phenoxy) is 3. The first kappa shape index (κ1) is 22.2. The minimum Gasteiger partial charge on any atom is -0.493 e. The molecule has 0 fully saturated rings. The van der Waals surface area contributed by atoms with Gasteiger partial charge in [-0.15, -0.1) is 0 Å². The SMILES string of the molecule is COc1cc(C=Cc2cccc(NS(=O)(=O)c3cccc(F)c3)c2)cc(OC)c1OC. The summed E-state index contributed by atoms with van der Waals surface area (Å²) < 4.78 is 56.9. The molecule has 0 aliphatic rings. The van der Waals surface area contributed by atoms with E-state index >= 15 is 0 Å². The Morgan fingerprint density at radius 1 is 0.806 bits per heavy atom. The van der Waals surface area contributed by atoms with Gasteiger partial charge in [-0.3, -0.25) is 4.72 Å². The molecule has 0 radical (unpaired) electrons. The van der Waals surface area contributed by atoms with Crippen LogP contribution in [0.25, 0.3) is 12.2 Å². The van der Waals surface area contributed by atoms with E-state index in [0.29, 0.717) is 22.9 Å². The van der Waals surface area contributed by atoms with E-state index in [-0.39, 0.29) is 4.90 Å². The van der Waals surface area contributed by atoms with E-state index in [1.807, 2.05) is 18.2 Å². The third kappa shape index (κ3) is 5.35. The smallest absolute Gasteiger partial charge is 0.261 e. The number of hydrogen-bond donors (Lipinski definition) is 1. The largest absolute Gasteiger partial charge is 0.493 e. The molecule has 162 valence electrons. The molecule has 3 aromatic carbocycles. The average Bonchev–Trinajstić information content (AvgIpc) is 2.76. The van der Waals surface area contributed by atoms with Crippen LogP contribution in [-0.2, 0) is 10.0 Å². The van der Waals surface area contributed by atoms with Crippen molar-refractivity contribution in [2.24, 2.45) is 0 Å². The molecule has 0 amide bonds. The topological polar surface area (TPSA) is 73.9 Å². The minimum atomic E-state index is -3.91. The van der Waals surface area contributed by atoms with E-state index in [1.54, 1.807) is 44.6 Å². The van der Waals surface area contributed by atoms with Crippen molar-refractivity contribution in [1.29, 1.82) is 0 Å². The summed E-state index contributed by atoms with van der Waals surface area (Å²) >= 11 is 0. The number of hydrogen-bond acceptors (Lipinski definition) is 5. The zero-order valence-electron chi connectivity index (χ0n) is 17.3. The van der Waals surface area contributed by atoms with Crippen LogP contribution in [0.2, 0.25) is 0 Å². The predicted molar refractivity (Wildman–Crippen MR) is 119 cm³/mol. The first-order valence-corrected chi connectivity index (χ1v) is 10.7. The van der Waals surface area contributed by atoms with Crippen LogP contribution in [0.4, 0.5) is 10.1 Å². The summed E-state index contributed by atoms with van der Waals surface area (Å²) in [5.74, 6) is 0.928. The third-order valence-electron chi connectivity index (χ3n) is 4.40. The van der Waals surface area contributed by atoms with Gasteiger partial charge in [0, 0.05) is 5.69 Å². The highest BCUT2D eigenvalue weighted by Gasteiger charge is 2.15. The van der Waals surface area contributed by atoms with Crippen LogP contribution in [0.15, 0.2) is 65.6 Å². The Hall–Kier alpha value is -3.52. The fourth-order valence-electron chi connectivity index (χ4n) is 2.94. The fraction of sp³-hybridized carbons (Fsp3) is 0.130. The molecule has 0 aliphatic carbocycles. The van der Waals surface area contributed by atoms with E-state index in [4.69, 9.17) is 14.2 Å². The van der Waals surface area contributed by atoms with Crippen molar-refractivity contribution >= 4 is 27.9 Å². The van der Waals surface area contributed by atoms with Gasteiger partial charge in [-0.25, -0.2) is 12.8 Å². The van der Waals surface area contributed by atoms with E-state index in [1.165, 1.54) is 25.3 Å².